The Labute approximate surface area is 161 Å². The number of imide groups is 1. The molecule has 8 nitrogen and oxygen atoms in total. The highest BCUT2D eigenvalue weighted by Gasteiger charge is 2.60. The van der Waals surface area contributed by atoms with Crippen LogP contribution in [0.1, 0.15) is 25.5 Å². The van der Waals surface area contributed by atoms with Crippen LogP contribution >= 0.6 is 0 Å². The van der Waals surface area contributed by atoms with E-state index in [0.29, 0.717) is 11.3 Å². The monoisotopic (exact) mass is 381 g/mol. The number of benzene rings is 2. The number of nitro groups is 1. The number of nitro benzene ring substituents is 1. The Hall–Kier alpha value is -3.26. The first-order valence-corrected chi connectivity index (χ1v) is 9.02. The predicted molar refractivity (Wildman–Crippen MR) is 100 cm³/mol. The Morgan fingerprint density at radius 3 is 2.21 bits per heavy atom. The molecule has 8 heteroatoms. The van der Waals surface area contributed by atoms with Gasteiger partial charge in [0.1, 0.15) is 5.92 Å². The maximum absolute atomic E-state index is 13.1. The van der Waals surface area contributed by atoms with E-state index in [1.807, 2.05) is 30.3 Å². The number of hydrogen-bond donors (Lipinski definition) is 0. The zero-order valence-corrected chi connectivity index (χ0v) is 15.4. The SMILES string of the molecule is CC(C)N1C(=O)[C@H]2[C@@H](c3ccc([N+](=O)[O-])cc3)N(c3ccccc3)O[C@H]2C1=O. The third kappa shape index (κ3) is 2.73. The predicted octanol–water partition coefficient (Wildman–Crippen LogP) is 2.85. The van der Waals surface area contributed by atoms with Crippen molar-refractivity contribution in [1.29, 1.82) is 0 Å². The molecule has 2 amide bonds. The highest BCUT2D eigenvalue weighted by Crippen LogP contribution is 2.47. The lowest BCUT2D eigenvalue weighted by Gasteiger charge is -2.29. The van der Waals surface area contributed by atoms with Gasteiger partial charge in [0.15, 0.2) is 6.10 Å². The van der Waals surface area contributed by atoms with Crippen LogP contribution < -0.4 is 5.06 Å². The van der Waals surface area contributed by atoms with Crippen molar-refractivity contribution in [3.05, 3.63) is 70.3 Å². The molecule has 0 saturated carbocycles. The fourth-order valence-corrected chi connectivity index (χ4v) is 3.88. The number of hydroxylamine groups is 1. The summed E-state index contributed by atoms with van der Waals surface area (Å²) in [5, 5.41) is 12.6. The molecular weight excluding hydrogens is 362 g/mol. The van der Waals surface area contributed by atoms with Crippen molar-refractivity contribution >= 4 is 23.2 Å². The van der Waals surface area contributed by atoms with Crippen LogP contribution in [0, 0.1) is 16.0 Å². The van der Waals surface area contributed by atoms with Crippen molar-refractivity contribution in [3.63, 3.8) is 0 Å². The minimum absolute atomic E-state index is 0.0388. The van der Waals surface area contributed by atoms with Gasteiger partial charge in [0, 0.05) is 18.2 Å². The minimum atomic E-state index is -0.907. The summed E-state index contributed by atoms with van der Waals surface area (Å²) in [4.78, 5) is 43.6. The maximum atomic E-state index is 13.1. The molecule has 144 valence electrons. The summed E-state index contributed by atoms with van der Waals surface area (Å²) in [5.41, 5.74) is 1.34. The van der Waals surface area contributed by atoms with Gasteiger partial charge in [0.05, 0.1) is 16.7 Å². The summed E-state index contributed by atoms with van der Waals surface area (Å²) in [5.74, 6) is -1.35. The molecule has 0 spiro atoms. The lowest BCUT2D eigenvalue weighted by Crippen LogP contribution is -2.41. The Morgan fingerprint density at radius 1 is 1.00 bits per heavy atom. The van der Waals surface area contributed by atoms with Crippen LogP contribution in [0.3, 0.4) is 0 Å². The van der Waals surface area contributed by atoms with Gasteiger partial charge in [-0.25, -0.2) is 5.06 Å². The zero-order chi connectivity index (χ0) is 20.0. The Kier molecular flexibility index (Phi) is 4.35. The fourth-order valence-electron chi connectivity index (χ4n) is 3.88. The van der Waals surface area contributed by atoms with E-state index in [2.05, 4.69) is 0 Å². The third-order valence-electron chi connectivity index (χ3n) is 5.12. The molecule has 2 heterocycles. The first kappa shape index (κ1) is 18.1. The van der Waals surface area contributed by atoms with E-state index in [-0.39, 0.29) is 23.5 Å². The molecule has 2 aliphatic rings. The summed E-state index contributed by atoms with van der Waals surface area (Å²) in [6.07, 6.45) is -0.907. The van der Waals surface area contributed by atoms with E-state index in [4.69, 9.17) is 4.84 Å². The summed E-state index contributed by atoms with van der Waals surface area (Å²) in [7, 11) is 0. The standard InChI is InChI=1S/C20H19N3O5/c1-12(2)21-19(24)16-17(13-8-10-15(11-9-13)23(26)27)22(28-18(16)20(21)25)14-6-4-3-5-7-14/h3-12,16-18H,1-2H3/t16-,17+,18+/m0/s1. The minimum Gasteiger partial charge on any atom is -0.277 e. The number of anilines is 1. The summed E-state index contributed by atoms with van der Waals surface area (Å²) < 4.78 is 0. The van der Waals surface area contributed by atoms with E-state index in [0.717, 1.165) is 0 Å². The molecule has 28 heavy (non-hydrogen) atoms. The second-order valence-electron chi connectivity index (χ2n) is 7.15. The molecule has 2 aromatic carbocycles. The van der Waals surface area contributed by atoms with Crippen molar-refractivity contribution in [1.82, 2.24) is 4.90 Å². The van der Waals surface area contributed by atoms with Gasteiger partial charge in [-0.3, -0.25) is 29.4 Å². The number of carbonyl (C=O) groups is 2. The van der Waals surface area contributed by atoms with Crippen molar-refractivity contribution in [2.75, 3.05) is 5.06 Å². The van der Waals surface area contributed by atoms with Crippen molar-refractivity contribution in [2.45, 2.75) is 32.0 Å². The van der Waals surface area contributed by atoms with E-state index in [1.54, 1.807) is 31.0 Å². The Morgan fingerprint density at radius 2 is 1.64 bits per heavy atom. The number of rotatable bonds is 4. The van der Waals surface area contributed by atoms with Crippen molar-refractivity contribution in [2.24, 2.45) is 5.92 Å². The van der Waals surface area contributed by atoms with Gasteiger partial charge in [-0.15, -0.1) is 0 Å². The fraction of sp³-hybridized carbons (Fsp3) is 0.300. The van der Waals surface area contributed by atoms with Gasteiger partial charge in [-0.1, -0.05) is 30.3 Å². The summed E-state index contributed by atoms with van der Waals surface area (Å²) in [6, 6.07) is 14.4. The number of fused-ring (bicyclic) bond motifs is 1. The lowest BCUT2D eigenvalue weighted by atomic mass is 9.90. The number of amides is 2. The highest BCUT2D eigenvalue weighted by molar-refractivity contribution is 6.08. The number of likely N-dealkylation sites (tertiary alicyclic amines) is 1. The summed E-state index contributed by atoms with van der Waals surface area (Å²) in [6.45, 7) is 3.57. The molecule has 2 saturated heterocycles. The smallest absolute Gasteiger partial charge is 0.269 e. The number of carbonyl (C=O) groups excluding carboxylic acids is 2. The zero-order valence-electron chi connectivity index (χ0n) is 15.4. The first-order chi connectivity index (χ1) is 13.4. The number of hydrogen-bond acceptors (Lipinski definition) is 6. The van der Waals surface area contributed by atoms with Gasteiger partial charge >= 0.3 is 0 Å². The van der Waals surface area contributed by atoms with Crippen LogP contribution in [0.25, 0.3) is 0 Å². The molecule has 0 radical (unpaired) electrons. The van der Waals surface area contributed by atoms with Gasteiger partial charge in [0.2, 0.25) is 5.91 Å². The van der Waals surface area contributed by atoms with Crippen LogP contribution in [0.2, 0.25) is 0 Å². The average Bonchev–Trinajstić information content (AvgIpc) is 3.19. The van der Waals surface area contributed by atoms with Crippen LogP contribution in [0.4, 0.5) is 11.4 Å². The van der Waals surface area contributed by atoms with Crippen LogP contribution in [-0.4, -0.2) is 33.8 Å². The molecule has 0 unspecified atom stereocenters. The van der Waals surface area contributed by atoms with Crippen LogP contribution in [-0.2, 0) is 14.4 Å². The number of para-hydroxylation sites is 1. The van der Waals surface area contributed by atoms with Crippen LogP contribution in [0.5, 0.6) is 0 Å². The second kappa shape index (κ2) is 6.72. The molecule has 0 N–H and O–H groups in total. The van der Waals surface area contributed by atoms with Gasteiger partial charge in [-0.05, 0) is 31.5 Å². The first-order valence-electron chi connectivity index (χ1n) is 9.02. The molecule has 0 aliphatic carbocycles. The quantitative estimate of drug-likeness (QED) is 0.459. The van der Waals surface area contributed by atoms with Gasteiger partial charge in [-0.2, -0.15) is 0 Å². The van der Waals surface area contributed by atoms with E-state index in [9.17, 15) is 19.7 Å². The van der Waals surface area contributed by atoms with Crippen molar-refractivity contribution < 1.29 is 19.3 Å². The molecular formula is C20H19N3O5. The van der Waals surface area contributed by atoms with E-state index >= 15 is 0 Å². The Balaban J connectivity index is 1.79. The third-order valence-corrected chi connectivity index (χ3v) is 5.12. The second-order valence-corrected chi connectivity index (χ2v) is 7.15. The maximum Gasteiger partial charge on any atom is 0.269 e. The topological polar surface area (TPSA) is 93.0 Å². The largest absolute Gasteiger partial charge is 0.277 e. The Bertz CT molecular complexity index is 929. The lowest BCUT2D eigenvalue weighted by molar-refractivity contribution is -0.384. The molecule has 2 aliphatic heterocycles. The molecule has 4 rings (SSSR count). The molecule has 0 aromatic heterocycles. The average molecular weight is 381 g/mol. The molecule has 2 fully saturated rings. The molecule has 3 atom stereocenters. The van der Waals surface area contributed by atoms with Gasteiger partial charge < -0.3 is 0 Å². The van der Waals surface area contributed by atoms with E-state index in [1.165, 1.54) is 17.0 Å². The summed E-state index contributed by atoms with van der Waals surface area (Å²) >= 11 is 0. The number of nitrogens with zero attached hydrogens (tertiary/aromatic N) is 3. The van der Waals surface area contributed by atoms with Gasteiger partial charge in [0.25, 0.3) is 11.6 Å². The highest BCUT2D eigenvalue weighted by atomic mass is 16.7. The number of non-ortho nitro benzene ring substituents is 1. The molecule has 2 aromatic rings. The van der Waals surface area contributed by atoms with Crippen molar-refractivity contribution in [3.8, 4) is 0 Å². The molecule has 0 bridgehead atoms. The van der Waals surface area contributed by atoms with E-state index < -0.39 is 23.0 Å². The van der Waals surface area contributed by atoms with Crippen LogP contribution in [0.15, 0.2) is 54.6 Å². The normalized spacial score (nSPS) is 24.2.